The van der Waals surface area contributed by atoms with Gasteiger partial charge < -0.3 is 0 Å². The lowest BCUT2D eigenvalue weighted by molar-refractivity contribution is -0.141. The lowest BCUT2D eigenvalue weighted by atomic mass is 10.1. The summed E-state index contributed by atoms with van der Waals surface area (Å²) in [5.41, 5.74) is -0.577. The minimum atomic E-state index is -4.48. The van der Waals surface area contributed by atoms with E-state index in [1.807, 2.05) is 6.92 Å². The lowest BCUT2D eigenvalue weighted by Gasteiger charge is -2.13. The van der Waals surface area contributed by atoms with E-state index < -0.39 is 11.9 Å². The largest absolute Gasteiger partial charge is 0.436 e. The van der Waals surface area contributed by atoms with Crippen LogP contribution in [0.5, 0.6) is 0 Å². The van der Waals surface area contributed by atoms with Crippen molar-refractivity contribution in [1.29, 1.82) is 0 Å². The summed E-state index contributed by atoms with van der Waals surface area (Å²) in [6.45, 7) is 3.46. The number of nitrogens with zero attached hydrogens (tertiary/aromatic N) is 2. The van der Waals surface area contributed by atoms with Crippen LogP contribution in [-0.4, -0.2) is 9.78 Å². The molecule has 96 valence electrons. The van der Waals surface area contributed by atoms with Crippen molar-refractivity contribution in [1.82, 2.24) is 9.78 Å². The molecule has 1 aliphatic rings. The zero-order valence-corrected chi connectivity index (χ0v) is 10.4. The van der Waals surface area contributed by atoms with Crippen LogP contribution in [0.15, 0.2) is 0 Å². The van der Waals surface area contributed by atoms with Crippen LogP contribution in [0.25, 0.3) is 0 Å². The van der Waals surface area contributed by atoms with Crippen LogP contribution in [-0.2, 0) is 6.18 Å². The highest BCUT2D eigenvalue weighted by atomic mass is 35.5. The Morgan fingerprint density at radius 2 is 2.06 bits per heavy atom. The van der Waals surface area contributed by atoms with E-state index in [9.17, 15) is 13.2 Å². The summed E-state index contributed by atoms with van der Waals surface area (Å²) in [4.78, 5) is 0. The molecule has 1 fully saturated rings. The van der Waals surface area contributed by atoms with E-state index >= 15 is 0 Å². The van der Waals surface area contributed by atoms with Gasteiger partial charge in [0.15, 0.2) is 5.69 Å². The first kappa shape index (κ1) is 12.7. The highest BCUT2D eigenvalue weighted by molar-refractivity contribution is 6.31. The topological polar surface area (TPSA) is 17.8 Å². The Morgan fingerprint density at radius 1 is 1.47 bits per heavy atom. The number of alkyl halides is 3. The molecule has 1 atom stereocenters. The quantitative estimate of drug-likeness (QED) is 0.801. The van der Waals surface area contributed by atoms with E-state index in [1.165, 1.54) is 17.5 Å². The van der Waals surface area contributed by atoms with E-state index in [1.54, 1.807) is 6.92 Å². The predicted molar refractivity (Wildman–Crippen MR) is 59.0 cm³/mol. The molecule has 0 bridgehead atoms. The molecular weight excluding hydrogens is 253 g/mol. The molecule has 0 radical (unpaired) electrons. The Kier molecular flexibility index (Phi) is 3.14. The van der Waals surface area contributed by atoms with Gasteiger partial charge in [0.25, 0.3) is 0 Å². The van der Waals surface area contributed by atoms with Gasteiger partial charge in [-0.05, 0) is 26.2 Å². The van der Waals surface area contributed by atoms with E-state index in [-0.39, 0.29) is 11.1 Å². The predicted octanol–water partition coefficient (Wildman–Crippen LogP) is 4.22. The minimum Gasteiger partial charge on any atom is -0.265 e. The number of hydrogen-bond acceptors (Lipinski definition) is 1. The zero-order valence-electron chi connectivity index (χ0n) is 9.68. The van der Waals surface area contributed by atoms with Gasteiger partial charge >= 0.3 is 6.18 Å². The summed E-state index contributed by atoms with van der Waals surface area (Å²) in [6.07, 6.45) is -1.27. The molecule has 0 aliphatic heterocycles. The fraction of sp³-hybridized carbons (Fsp3) is 0.727. The Hall–Kier alpha value is -0.710. The van der Waals surface area contributed by atoms with E-state index in [2.05, 4.69) is 5.10 Å². The fourth-order valence-electron chi connectivity index (χ4n) is 2.04. The van der Waals surface area contributed by atoms with Gasteiger partial charge in [-0.3, -0.25) is 4.68 Å². The molecule has 0 N–H and O–H groups in total. The Labute approximate surface area is 103 Å². The fourth-order valence-corrected chi connectivity index (χ4v) is 2.28. The van der Waals surface area contributed by atoms with Crippen molar-refractivity contribution in [3.05, 3.63) is 16.4 Å². The maximum absolute atomic E-state index is 12.6. The molecule has 1 aliphatic carbocycles. The molecule has 1 heterocycles. The molecule has 0 spiro atoms. The number of halogens is 4. The highest BCUT2D eigenvalue weighted by Gasteiger charge is 2.39. The monoisotopic (exact) mass is 266 g/mol. The summed E-state index contributed by atoms with van der Waals surface area (Å²) in [5.74, 6) is 0.640. The molecule has 0 aromatic carbocycles. The van der Waals surface area contributed by atoms with Gasteiger partial charge in [-0.15, -0.1) is 0 Å². The van der Waals surface area contributed by atoms with Gasteiger partial charge in [0, 0.05) is 6.04 Å². The third-order valence-electron chi connectivity index (χ3n) is 3.13. The third kappa shape index (κ3) is 2.59. The summed E-state index contributed by atoms with van der Waals surface area (Å²) >= 11 is 5.69. The van der Waals surface area contributed by atoms with E-state index in [4.69, 9.17) is 11.6 Å². The normalized spacial score (nSPS) is 18.5. The number of rotatable bonds is 3. The number of hydrogen-bond donors (Lipinski definition) is 0. The molecule has 6 heteroatoms. The molecule has 0 amide bonds. The Bertz CT molecular complexity index is 421. The van der Waals surface area contributed by atoms with Crippen molar-refractivity contribution >= 4 is 11.6 Å². The first-order chi connectivity index (χ1) is 7.80. The summed E-state index contributed by atoms with van der Waals surface area (Å²) in [6, 6.07) is -0.0314. The molecule has 1 aromatic heterocycles. The number of aromatic nitrogens is 2. The molecule has 1 unspecified atom stereocenters. The molecule has 1 aromatic rings. The van der Waals surface area contributed by atoms with Crippen LogP contribution in [0, 0.1) is 12.8 Å². The van der Waals surface area contributed by atoms with Gasteiger partial charge in [0.2, 0.25) is 0 Å². The second kappa shape index (κ2) is 4.19. The molecule has 0 saturated heterocycles. The smallest absolute Gasteiger partial charge is 0.265 e. The van der Waals surface area contributed by atoms with Crippen LogP contribution in [0.4, 0.5) is 13.2 Å². The first-order valence-electron chi connectivity index (χ1n) is 5.62. The second-order valence-corrected chi connectivity index (χ2v) is 5.10. The maximum Gasteiger partial charge on any atom is 0.436 e. The standard InChI is InChI=1S/C11H14ClF3N2/c1-6(5-8-3-4-8)17-7(2)9(12)10(16-17)11(13,14)15/h6,8H,3-5H2,1-2H3. The van der Waals surface area contributed by atoms with Crippen molar-refractivity contribution < 1.29 is 13.2 Å². The lowest BCUT2D eigenvalue weighted by Crippen LogP contribution is -2.12. The minimum absolute atomic E-state index is 0.0314. The molecule has 1 saturated carbocycles. The van der Waals surface area contributed by atoms with Crippen LogP contribution in [0.3, 0.4) is 0 Å². The Balaban J connectivity index is 2.28. The molecule has 2 rings (SSSR count). The third-order valence-corrected chi connectivity index (χ3v) is 3.59. The van der Waals surface area contributed by atoms with E-state index in [0.29, 0.717) is 11.6 Å². The van der Waals surface area contributed by atoms with Crippen molar-refractivity contribution in [3.8, 4) is 0 Å². The van der Waals surface area contributed by atoms with Crippen molar-refractivity contribution in [2.75, 3.05) is 0 Å². The van der Waals surface area contributed by atoms with Crippen molar-refractivity contribution in [3.63, 3.8) is 0 Å². The average molecular weight is 267 g/mol. The van der Waals surface area contributed by atoms with Crippen LogP contribution >= 0.6 is 11.6 Å². The molecule has 17 heavy (non-hydrogen) atoms. The van der Waals surface area contributed by atoms with Crippen LogP contribution < -0.4 is 0 Å². The Morgan fingerprint density at radius 3 is 2.47 bits per heavy atom. The van der Waals surface area contributed by atoms with Gasteiger partial charge in [0.05, 0.1) is 10.7 Å². The summed E-state index contributed by atoms with van der Waals surface area (Å²) < 4.78 is 39.3. The van der Waals surface area contributed by atoms with Gasteiger partial charge in [0.1, 0.15) is 0 Å². The highest BCUT2D eigenvalue weighted by Crippen LogP contribution is 2.39. The van der Waals surface area contributed by atoms with E-state index in [0.717, 1.165) is 6.42 Å². The second-order valence-electron chi connectivity index (χ2n) is 4.72. The van der Waals surface area contributed by atoms with Crippen LogP contribution in [0.2, 0.25) is 5.02 Å². The molecule has 2 nitrogen and oxygen atoms in total. The van der Waals surface area contributed by atoms with Crippen molar-refractivity contribution in [2.24, 2.45) is 5.92 Å². The molecular formula is C11H14ClF3N2. The summed E-state index contributed by atoms with van der Waals surface area (Å²) in [5, 5.41) is 3.34. The average Bonchev–Trinajstić information content (AvgIpc) is 2.94. The summed E-state index contributed by atoms with van der Waals surface area (Å²) in [7, 11) is 0. The maximum atomic E-state index is 12.6. The SMILES string of the molecule is Cc1c(Cl)c(C(F)(F)F)nn1C(C)CC1CC1. The zero-order chi connectivity index (χ0) is 12.8. The van der Waals surface area contributed by atoms with Crippen LogP contribution in [0.1, 0.15) is 43.6 Å². The first-order valence-corrected chi connectivity index (χ1v) is 6.00. The van der Waals surface area contributed by atoms with Crippen molar-refractivity contribution in [2.45, 2.75) is 45.3 Å². The van der Waals surface area contributed by atoms with Gasteiger partial charge in [-0.1, -0.05) is 24.4 Å². The van der Waals surface area contributed by atoms with Gasteiger partial charge in [-0.2, -0.15) is 18.3 Å². The van der Waals surface area contributed by atoms with Gasteiger partial charge in [-0.25, -0.2) is 0 Å².